The van der Waals surface area contributed by atoms with Crippen molar-refractivity contribution in [3.63, 3.8) is 0 Å². The lowest BCUT2D eigenvalue weighted by Crippen LogP contribution is -2.27. The van der Waals surface area contributed by atoms with E-state index in [9.17, 15) is 4.79 Å². The molecule has 0 aliphatic rings. The van der Waals surface area contributed by atoms with Crippen LogP contribution in [0.1, 0.15) is 36.8 Å². The minimum absolute atomic E-state index is 0.239. The van der Waals surface area contributed by atoms with Crippen molar-refractivity contribution in [3.05, 3.63) is 53.5 Å². The van der Waals surface area contributed by atoms with Crippen LogP contribution in [0.2, 0.25) is 0 Å². The molecule has 1 heterocycles. The molecule has 4 heteroatoms. The molecule has 4 nitrogen and oxygen atoms in total. The molecule has 1 aromatic carbocycles. The van der Waals surface area contributed by atoms with Crippen LogP contribution in [0, 0.1) is 6.92 Å². The average Bonchev–Trinajstić information content (AvgIpc) is 2.83. The van der Waals surface area contributed by atoms with Crippen molar-refractivity contribution in [2.24, 2.45) is 0 Å². The number of carbonyl (C=O) groups is 1. The summed E-state index contributed by atoms with van der Waals surface area (Å²) in [4.78, 5) is 11.7. The number of hydrogen-bond acceptors (Lipinski definition) is 2. The number of rotatable bonds is 4. The highest BCUT2D eigenvalue weighted by molar-refractivity contribution is 5.89. The lowest BCUT2D eigenvalue weighted by molar-refractivity contribution is 0.250. The molecule has 0 spiro atoms. The zero-order valence-corrected chi connectivity index (χ0v) is 12.1. The molecule has 0 bridgehead atoms. The van der Waals surface area contributed by atoms with Gasteiger partial charge in [0.1, 0.15) is 11.5 Å². The smallest absolute Gasteiger partial charge is 0.319 e. The molecule has 2 aromatic rings. The summed E-state index contributed by atoms with van der Waals surface area (Å²) in [6.45, 7) is 6.53. The number of aryl methyl sites for hydroxylation is 1. The van der Waals surface area contributed by atoms with Gasteiger partial charge >= 0.3 is 6.03 Å². The summed E-state index contributed by atoms with van der Waals surface area (Å²) in [5, 5.41) is 5.55. The van der Waals surface area contributed by atoms with Gasteiger partial charge in [-0.15, -0.1) is 0 Å². The zero-order chi connectivity index (χ0) is 14.5. The van der Waals surface area contributed by atoms with E-state index in [1.165, 1.54) is 5.56 Å². The summed E-state index contributed by atoms with van der Waals surface area (Å²) in [5.41, 5.74) is 2.03. The first-order valence-electron chi connectivity index (χ1n) is 6.74. The second-order valence-corrected chi connectivity index (χ2v) is 5.10. The molecule has 0 radical (unpaired) electrons. The van der Waals surface area contributed by atoms with Crippen molar-refractivity contribution in [3.8, 4) is 0 Å². The molecule has 2 N–H and O–H groups in total. The van der Waals surface area contributed by atoms with E-state index in [2.05, 4.69) is 24.5 Å². The number of benzene rings is 1. The highest BCUT2D eigenvalue weighted by atomic mass is 16.3. The molecule has 2 rings (SSSR count). The lowest BCUT2D eigenvalue weighted by atomic mass is 10.0. The van der Waals surface area contributed by atoms with Gasteiger partial charge in [-0.05, 0) is 42.7 Å². The Labute approximate surface area is 119 Å². The van der Waals surface area contributed by atoms with E-state index in [1.807, 2.05) is 43.3 Å². The van der Waals surface area contributed by atoms with Crippen molar-refractivity contribution in [2.45, 2.75) is 33.2 Å². The van der Waals surface area contributed by atoms with Gasteiger partial charge in [-0.3, -0.25) is 0 Å². The van der Waals surface area contributed by atoms with Crippen LogP contribution >= 0.6 is 0 Å². The molecule has 0 aliphatic heterocycles. The first-order chi connectivity index (χ1) is 9.54. The van der Waals surface area contributed by atoms with E-state index in [0.29, 0.717) is 12.5 Å². The van der Waals surface area contributed by atoms with Crippen LogP contribution in [0.5, 0.6) is 0 Å². The Bertz CT molecular complexity index is 570. The van der Waals surface area contributed by atoms with Crippen LogP contribution in [0.4, 0.5) is 10.5 Å². The maximum Gasteiger partial charge on any atom is 0.319 e. The van der Waals surface area contributed by atoms with E-state index in [1.54, 1.807) is 0 Å². The predicted molar refractivity (Wildman–Crippen MR) is 79.8 cm³/mol. The number of anilines is 1. The monoisotopic (exact) mass is 272 g/mol. The quantitative estimate of drug-likeness (QED) is 0.882. The molecular formula is C16H20N2O2. The van der Waals surface area contributed by atoms with Crippen LogP contribution < -0.4 is 10.6 Å². The van der Waals surface area contributed by atoms with Gasteiger partial charge in [-0.25, -0.2) is 4.79 Å². The largest absolute Gasteiger partial charge is 0.465 e. The summed E-state index contributed by atoms with van der Waals surface area (Å²) < 4.78 is 5.38. The molecule has 20 heavy (non-hydrogen) atoms. The number of urea groups is 1. The fourth-order valence-corrected chi connectivity index (χ4v) is 1.87. The zero-order valence-electron chi connectivity index (χ0n) is 12.1. The van der Waals surface area contributed by atoms with Gasteiger partial charge in [-0.1, -0.05) is 26.0 Å². The number of nitrogens with one attached hydrogen (secondary N) is 2. The highest BCUT2D eigenvalue weighted by Crippen LogP contribution is 2.17. The number of hydrogen-bond donors (Lipinski definition) is 2. The summed E-state index contributed by atoms with van der Waals surface area (Å²) >= 11 is 0. The van der Waals surface area contributed by atoms with Crippen LogP contribution in [0.3, 0.4) is 0 Å². The van der Waals surface area contributed by atoms with Gasteiger partial charge in [0.15, 0.2) is 0 Å². The minimum atomic E-state index is -0.239. The molecule has 0 saturated heterocycles. The molecule has 0 atom stereocenters. The Kier molecular flexibility index (Phi) is 4.45. The summed E-state index contributed by atoms with van der Waals surface area (Å²) in [6.07, 6.45) is 0. The molecule has 0 fully saturated rings. The van der Waals surface area contributed by atoms with Gasteiger partial charge in [0.25, 0.3) is 0 Å². The van der Waals surface area contributed by atoms with Crippen molar-refractivity contribution < 1.29 is 9.21 Å². The Balaban J connectivity index is 1.84. The van der Waals surface area contributed by atoms with Crippen molar-refractivity contribution in [1.29, 1.82) is 0 Å². The van der Waals surface area contributed by atoms with Crippen LogP contribution in [0.15, 0.2) is 40.8 Å². The molecule has 2 amide bonds. The molecule has 1 aromatic heterocycles. The fourth-order valence-electron chi connectivity index (χ4n) is 1.87. The third kappa shape index (κ3) is 3.88. The third-order valence-corrected chi connectivity index (χ3v) is 3.05. The average molecular weight is 272 g/mol. The third-order valence-electron chi connectivity index (χ3n) is 3.05. The first kappa shape index (κ1) is 14.2. The summed E-state index contributed by atoms with van der Waals surface area (Å²) in [5.74, 6) is 2.07. The van der Waals surface area contributed by atoms with Crippen LogP contribution in [-0.2, 0) is 6.54 Å². The highest BCUT2D eigenvalue weighted by Gasteiger charge is 2.04. The first-order valence-corrected chi connectivity index (χ1v) is 6.74. The summed E-state index contributed by atoms with van der Waals surface area (Å²) in [6, 6.07) is 11.4. The minimum Gasteiger partial charge on any atom is -0.465 e. The van der Waals surface area contributed by atoms with Crippen molar-refractivity contribution in [2.75, 3.05) is 5.32 Å². The van der Waals surface area contributed by atoms with E-state index in [0.717, 1.165) is 17.2 Å². The van der Waals surface area contributed by atoms with E-state index >= 15 is 0 Å². The van der Waals surface area contributed by atoms with Gasteiger partial charge in [0.05, 0.1) is 6.54 Å². The molecule has 0 saturated carbocycles. The van der Waals surface area contributed by atoms with Crippen molar-refractivity contribution in [1.82, 2.24) is 5.32 Å². The molecule has 106 valence electrons. The van der Waals surface area contributed by atoms with Crippen molar-refractivity contribution >= 4 is 11.7 Å². The topological polar surface area (TPSA) is 54.3 Å². The molecule has 0 aliphatic carbocycles. The van der Waals surface area contributed by atoms with Crippen LogP contribution in [0.25, 0.3) is 0 Å². The van der Waals surface area contributed by atoms with Crippen LogP contribution in [-0.4, -0.2) is 6.03 Å². The predicted octanol–water partition coefficient (Wildman–Crippen LogP) is 4.03. The van der Waals surface area contributed by atoms with Gasteiger partial charge in [0.2, 0.25) is 0 Å². The number of furan rings is 1. The summed E-state index contributed by atoms with van der Waals surface area (Å²) in [7, 11) is 0. The van der Waals surface area contributed by atoms with Gasteiger partial charge in [0, 0.05) is 5.69 Å². The van der Waals surface area contributed by atoms with E-state index < -0.39 is 0 Å². The Morgan fingerprint density at radius 3 is 2.40 bits per heavy atom. The lowest BCUT2D eigenvalue weighted by Gasteiger charge is -2.09. The second kappa shape index (κ2) is 6.28. The Morgan fingerprint density at radius 1 is 1.15 bits per heavy atom. The standard InChI is InChI=1S/C16H20N2O2/c1-11(2)13-5-7-14(8-6-13)18-16(19)17-10-15-9-4-12(3)20-15/h4-9,11H,10H2,1-3H3,(H2,17,18,19). The maximum absolute atomic E-state index is 11.7. The van der Waals surface area contributed by atoms with Gasteiger partial charge in [-0.2, -0.15) is 0 Å². The van der Waals surface area contributed by atoms with Gasteiger partial charge < -0.3 is 15.1 Å². The number of carbonyl (C=O) groups excluding carboxylic acids is 1. The Hall–Kier alpha value is -2.23. The SMILES string of the molecule is Cc1ccc(CNC(=O)Nc2ccc(C(C)C)cc2)o1. The number of amides is 2. The fraction of sp³-hybridized carbons (Fsp3) is 0.312. The molecular weight excluding hydrogens is 252 g/mol. The maximum atomic E-state index is 11.7. The molecule has 0 unspecified atom stereocenters. The Morgan fingerprint density at radius 2 is 1.85 bits per heavy atom. The normalized spacial score (nSPS) is 10.6. The van der Waals surface area contributed by atoms with E-state index in [4.69, 9.17) is 4.42 Å². The second-order valence-electron chi connectivity index (χ2n) is 5.10. The van der Waals surface area contributed by atoms with E-state index in [-0.39, 0.29) is 6.03 Å².